The van der Waals surface area contributed by atoms with E-state index in [0.717, 1.165) is 52.9 Å². The third-order valence-electron chi connectivity index (χ3n) is 8.96. The van der Waals surface area contributed by atoms with Gasteiger partial charge in [0.25, 0.3) is 0 Å². The molecule has 0 radical (unpaired) electrons. The molecule has 3 aromatic rings. The highest BCUT2D eigenvalue weighted by atomic mass is 16.5. The predicted octanol–water partition coefficient (Wildman–Crippen LogP) is 3.84. The summed E-state index contributed by atoms with van der Waals surface area (Å²) in [6, 6.07) is 12.8. The molecule has 9 heteroatoms. The van der Waals surface area contributed by atoms with Crippen LogP contribution < -0.4 is 14.5 Å². The van der Waals surface area contributed by atoms with Crippen LogP contribution in [-0.4, -0.2) is 90.2 Å². The zero-order chi connectivity index (χ0) is 28.5. The molecule has 1 saturated heterocycles. The van der Waals surface area contributed by atoms with Crippen molar-refractivity contribution in [1.82, 2.24) is 19.8 Å². The van der Waals surface area contributed by atoms with Crippen LogP contribution >= 0.6 is 0 Å². The molecule has 1 amide bonds. The number of fused-ring (bicyclic) bond motifs is 2. The second-order valence-corrected chi connectivity index (χ2v) is 11.7. The van der Waals surface area contributed by atoms with Crippen LogP contribution in [0, 0.1) is 5.92 Å². The Bertz CT molecular complexity index is 1430. The fraction of sp³-hybridized carbons (Fsp3) is 0.469. The van der Waals surface area contributed by atoms with Crippen LogP contribution in [0.2, 0.25) is 0 Å². The molecule has 3 aliphatic rings. The minimum absolute atomic E-state index is 0.0284. The zero-order valence-corrected chi connectivity index (χ0v) is 24.1. The normalized spacial score (nSPS) is 20.9. The number of anilines is 2. The van der Waals surface area contributed by atoms with Gasteiger partial charge in [0, 0.05) is 67.4 Å². The van der Waals surface area contributed by atoms with Gasteiger partial charge >= 0.3 is 6.01 Å². The van der Waals surface area contributed by atoms with Crippen LogP contribution in [-0.2, 0) is 17.8 Å². The smallest absolute Gasteiger partial charge is 0.318 e. The summed E-state index contributed by atoms with van der Waals surface area (Å²) in [5, 5.41) is 12.6. The van der Waals surface area contributed by atoms with E-state index in [9.17, 15) is 9.90 Å². The van der Waals surface area contributed by atoms with Gasteiger partial charge in [-0.15, -0.1) is 0 Å². The minimum Gasteiger partial charge on any atom is -0.508 e. The Kier molecular flexibility index (Phi) is 7.71. The average Bonchev–Trinajstić information content (AvgIpc) is 3.48. The summed E-state index contributed by atoms with van der Waals surface area (Å²) in [7, 11) is 4.29. The van der Waals surface area contributed by atoms with E-state index in [4.69, 9.17) is 14.7 Å². The second-order valence-electron chi connectivity index (χ2n) is 11.7. The van der Waals surface area contributed by atoms with E-state index in [2.05, 4.69) is 41.4 Å². The number of ether oxygens (including phenoxy) is 1. The lowest BCUT2D eigenvalue weighted by Gasteiger charge is -2.38. The molecule has 1 saturated carbocycles. The molecule has 1 aliphatic carbocycles. The van der Waals surface area contributed by atoms with E-state index in [1.165, 1.54) is 18.9 Å². The lowest BCUT2D eigenvalue weighted by atomic mass is 10.0. The van der Waals surface area contributed by atoms with Gasteiger partial charge in [0.05, 0.1) is 18.8 Å². The Morgan fingerprint density at radius 3 is 2.68 bits per heavy atom. The SMILES string of the molecule is C=CC(=O)N1CCN(c2nc(OC[C@@H]3CCCC3N(C)C)nc3c2CCN(c2cc(O)cc4ccccc24)C3)CC1. The van der Waals surface area contributed by atoms with Crippen molar-refractivity contribution in [3.8, 4) is 11.8 Å². The van der Waals surface area contributed by atoms with Crippen LogP contribution in [0.3, 0.4) is 0 Å². The van der Waals surface area contributed by atoms with Gasteiger partial charge in [-0.1, -0.05) is 37.3 Å². The fourth-order valence-corrected chi connectivity index (χ4v) is 6.80. The van der Waals surface area contributed by atoms with E-state index in [1.54, 1.807) is 0 Å². The van der Waals surface area contributed by atoms with E-state index in [-0.39, 0.29) is 11.7 Å². The molecule has 2 aromatic carbocycles. The number of aromatic hydroxyl groups is 1. The van der Waals surface area contributed by atoms with Crippen LogP contribution in [0.4, 0.5) is 11.5 Å². The lowest BCUT2D eigenvalue weighted by Crippen LogP contribution is -2.49. The largest absolute Gasteiger partial charge is 0.508 e. The van der Waals surface area contributed by atoms with E-state index >= 15 is 0 Å². The monoisotopic (exact) mass is 556 g/mol. The fourth-order valence-electron chi connectivity index (χ4n) is 6.80. The summed E-state index contributed by atoms with van der Waals surface area (Å²) in [5.41, 5.74) is 3.11. The van der Waals surface area contributed by atoms with Crippen molar-refractivity contribution in [2.75, 3.05) is 63.2 Å². The molecule has 1 unspecified atom stereocenters. The van der Waals surface area contributed by atoms with Gasteiger partial charge in [0.15, 0.2) is 0 Å². The van der Waals surface area contributed by atoms with E-state index in [1.807, 2.05) is 35.2 Å². The highest BCUT2D eigenvalue weighted by Crippen LogP contribution is 2.37. The highest BCUT2D eigenvalue weighted by Gasteiger charge is 2.32. The summed E-state index contributed by atoms with van der Waals surface area (Å²) in [5.74, 6) is 1.61. The number of aromatic nitrogens is 2. The molecule has 1 N–H and O–H groups in total. The second kappa shape index (κ2) is 11.6. The van der Waals surface area contributed by atoms with Gasteiger partial charge in [0.2, 0.25) is 5.91 Å². The molecule has 216 valence electrons. The van der Waals surface area contributed by atoms with Gasteiger partial charge in [-0.05, 0) is 50.9 Å². The first-order valence-corrected chi connectivity index (χ1v) is 14.7. The predicted molar refractivity (Wildman–Crippen MR) is 162 cm³/mol. The number of phenolic OH excluding ortho intramolecular Hbond substituents is 1. The molecule has 9 nitrogen and oxygen atoms in total. The zero-order valence-electron chi connectivity index (χ0n) is 24.1. The van der Waals surface area contributed by atoms with Crippen molar-refractivity contribution in [1.29, 1.82) is 0 Å². The summed E-state index contributed by atoms with van der Waals surface area (Å²) in [4.78, 5) is 30.9. The van der Waals surface area contributed by atoms with Crippen molar-refractivity contribution in [3.05, 3.63) is 60.3 Å². The van der Waals surface area contributed by atoms with Crippen molar-refractivity contribution in [2.24, 2.45) is 5.92 Å². The van der Waals surface area contributed by atoms with Crippen LogP contribution in [0.5, 0.6) is 11.8 Å². The molecular formula is C32H40N6O3. The first kappa shape index (κ1) is 27.3. The van der Waals surface area contributed by atoms with Gasteiger partial charge in [-0.2, -0.15) is 9.97 Å². The maximum absolute atomic E-state index is 12.2. The lowest BCUT2D eigenvalue weighted by molar-refractivity contribution is -0.126. The molecule has 2 fully saturated rings. The first-order valence-electron chi connectivity index (χ1n) is 14.7. The number of carbonyl (C=O) groups excluding carboxylic acids is 1. The van der Waals surface area contributed by atoms with Gasteiger partial charge < -0.3 is 29.4 Å². The number of rotatable bonds is 7. The number of phenols is 1. The van der Waals surface area contributed by atoms with Gasteiger partial charge in [0.1, 0.15) is 11.6 Å². The highest BCUT2D eigenvalue weighted by molar-refractivity contribution is 5.95. The molecule has 2 aliphatic heterocycles. The Labute approximate surface area is 242 Å². The number of piperazine rings is 1. The number of hydrogen-bond acceptors (Lipinski definition) is 8. The Morgan fingerprint density at radius 2 is 1.90 bits per heavy atom. The van der Waals surface area contributed by atoms with E-state index < -0.39 is 0 Å². The molecular weight excluding hydrogens is 516 g/mol. The standard InChI is InChI=1S/C32H40N6O3/c1-4-30(40)36-14-16-37(17-15-36)31-26-12-13-38(29-19-24(39)18-22-8-5-6-10-25(22)29)20-27(26)33-32(34-31)41-21-23-9-7-11-28(23)35(2)3/h4-6,8,10,18-19,23,28,39H,1,7,9,11-17,20-21H2,2-3H3/t23-,28?/m0/s1. The number of carbonyl (C=O) groups is 1. The average molecular weight is 557 g/mol. The summed E-state index contributed by atoms with van der Waals surface area (Å²) >= 11 is 0. The number of hydrogen-bond donors (Lipinski definition) is 1. The summed E-state index contributed by atoms with van der Waals surface area (Å²) in [6.07, 6.45) is 5.73. The van der Waals surface area contributed by atoms with Crippen molar-refractivity contribution in [3.63, 3.8) is 0 Å². The molecule has 3 heterocycles. The third kappa shape index (κ3) is 5.55. The maximum atomic E-state index is 12.2. The topological polar surface area (TPSA) is 85.3 Å². The van der Waals surface area contributed by atoms with Gasteiger partial charge in [-0.25, -0.2) is 0 Å². The third-order valence-corrected chi connectivity index (χ3v) is 8.96. The van der Waals surface area contributed by atoms with Crippen LogP contribution in [0.15, 0.2) is 49.1 Å². The van der Waals surface area contributed by atoms with Gasteiger partial charge in [-0.3, -0.25) is 4.79 Å². The molecule has 2 atom stereocenters. The molecule has 0 bridgehead atoms. The Hall–Kier alpha value is -3.85. The van der Waals surface area contributed by atoms with Crippen molar-refractivity contribution >= 4 is 28.2 Å². The Morgan fingerprint density at radius 1 is 1.10 bits per heavy atom. The molecule has 41 heavy (non-hydrogen) atoms. The minimum atomic E-state index is -0.0284. The quantitative estimate of drug-likeness (QED) is 0.440. The summed E-state index contributed by atoms with van der Waals surface area (Å²) in [6.45, 7) is 8.31. The number of nitrogens with zero attached hydrogens (tertiary/aromatic N) is 6. The van der Waals surface area contributed by atoms with E-state index in [0.29, 0.717) is 57.3 Å². The van der Waals surface area contributed by atoms with Crippen molar-refractivity contribution in [2.45, 2.75) is 38.3 Å². The number of amides is 1. The first-order chi connectivity index (χ1) is 19.9. The maximum Gasteiger partial charge on any atom is 0.318 e. The Balaban J connectivity index is 1.30. The summed E-state index contributed by atoms with van der Waals surface area (Å²) < 4.78 is 6.36. The molecule has 1 aromatic heterocycles. The molecule has 0 spiro atoms. The molecule has 6 rings (SSSR count). The van der Waals surface area contributed by atoms with Crippen molar-refractivity contribution < 1.29 is 14.6 Å². The number of benzene rings is 2. The van der Waals surface area contributed by atoms with Crippen LogP contribution in [0.1, 0.15) is 30.5 Å². The van der Waals surface area contributed by atoms with Crippen LogP contribution in [0.25, 0.3) is 10.8 Å².